The first-order valence-electron chi connectivity index (χ1n) is 5.55. The molecule has 1 N–H and O–H groups in total. The second-order valence-electron chi connectivity index (χ2n) is 4.53. The van der Waals surface area contributed by atoms with Gasteiger partial charge in [-0.1, -0.05) is 6.07 Å². The van der Waals surface area contributed by atoms with Crippen LogP contribution < -0.4 is 5.32 Å². The summed E-state index contributed by atoms with van der Waals surface area (Å²) >= 11 is 0. The number of likely N-dealkylation sites (tertiary alicyclic amines) is 1. The minimum absolute atomic E-state index is 0.540. The fourth-order valence-electron chi connectivity index (χ4n) is 2.13. The number of aromatic nitrogens is 1. The monoisotopic (exact) mass is 205 g/mol. The van der Waals surface area contributed by atoms with Crippen LogP contribution >= 0.6 is 0 Å². The van der Waals surface area contributed by atoms with E-state index in [-0.39, 0.29) is 0 Å². The topological polar surface area (TPSA) is 28.2 Å². The number of rotatable bonds is 2. The Hall–Kier alpha value is -1.09. The zero-order chi connectivity index (χ0) is 10.8. The summed E-state index contributed by atoms with van der Waals surface area (Å²) in [6, 6.07) is 5.28. The molecule has 1 aromatic rings. The predicted molar refractivity (Wildman–Crippen MR) is 63.1 cm³/mol. The van der Waals surface area contributed by atoms with Crippen LogP contribution in [-0.2, 0) is 0 Å². The molecule has 3 nitrogen and oxygen atoms in total. The molecular formula is C12H19N3. The van der Waals surface area contributed by atoms with Crippen LogP contribution in [0.15, 0.2) is 18.3 Å². The van der Waals surface area contributed by atoms with Gasteiger partial charge in [0, 0.05) is 24.8 Å². The SMILES string of the molecule is Cc1cccnc1NC1CC(C)N(C)C1. The highest BCUT2D eigenvalue weighted by atomic mass is 15.2. The molecule has 0 saturated carbocycles. The summed E-state index contributed by atoms with van der Waals surface area (Å²) in [5.41, 5.74) is 1.22. The van der Waals surface area contributed by atoms with Crippen LogP contribution in [0.3, 0.4) is 0 Å². The molecule has 1 fully saturated rings. The third-order valence-electron chi connectivity index (χ3n) is 3.24. The number of pyridine rings is 1. The number of nitrogens with zero attached hydrogens (tertiary/aromatic N) is 2. The Morgan fingerprint density at radius 2 is 2.33 bits per heavy atom. The van der Waals surface area contributed by atoms with Crippen LogP contribution in [0.5, 0.6) is 0 Å². The average molecular weight is 205 g/mol. The van der Waals surface area contributed by atoms with Gasteiger partial charge in [0.05, 0.1) is 0 Å². The lowest BCUT2D eigenvalue weighted by atomic mass is 10.2. The Bertz CT molecular complexity index is 327. The quantitative estimate of drug-likeness (QED) is 0.799. The van der Waals surface area contributed by atoms with E-state index >= 15 is 0 Å². The van der Waals surface area contributed by atoms with E-state index in [2.05, 4.69) is 42.2 Å². The van der Waals surface area contributed by atoms with Gasteiger partial charge in [-0.15, -0.1) is 0 Å². The maximum atomic E-state index is 4.36. The van der Waals surface area contributed by atoms with Gasteiger partial charge in [0.2, 0.25) is 0 Å². The molecule has 2 heterocycles. The molecule has 0 aromatic carbocycles. The van der Waals surface area contributed by atoms with E-state index in [4.69, 9.17) is 0 Å². The molecule has 15 heavy (non-hydrogen) atoms. The van der Waals surface area contributed by atoms with Crippen molar-refractivity contribution in [3.8, 4) is 0 Å². The molecule has 2 atom stereocenters. The molecule has 2 rings (SSSR count). The third kappa shape index (κ3) is 2.29. The summed E-state index contributed by atoms with van der Waals surface area (Å²) in [5.74, 6) is 1.03. The lowest BCUT2D eigenvalue weighted by Crippen LogP contribution is -2.25. The summed E-state index contributed by atoms with van der Waals surface area (Å²) in [4.78, 5) is 6.75. The maximum absolute atomic E-state index is 4.36. The van der Waals surface area contributed by atoms with Gasteiger partial charge < -0.3 is 10.2 Å². The fraction of sp³-hybridized carbons (Fsp3) is 0.583. The van der Waals surface area contributed by atoms with Gasteiger partial charge in [-0.2, -0.15) is 0 Å². The molecule has 1 aliphatic rings. The number of hydrogen-bond acceptors (Lipinski definition) is 3. The summed E-state index contributed by atoms with van der Waals surface area (Å²) in [6.07, 6.45) is 3.05. The van der Waals surface area contributed by atoms with E-state index in [1.54, 1.807) is 0 Å². The molecule has 3 heteroatoms. The second-order valence-corrected chi connectivity index (χ2v) is 4.53. The number of nitrogens with one attached hydrogen (secondary N) is 1. The zero-order valence-electron chi connectivity index (χ0n) is 9.70. The molecule has 1 saturated heterocycles. The molecule has 0 bridgehead atoms. The molecule has 0 spiro atoms. The minimum atomic E-state index is 0.540. The molecule has 0 aliphatic carbocycles. The molecule has 0 amide bonds. The van der Waals surface area contributed by atoms with Crippen molar-refractivity contribution in [2.75, 3.05) is 18.9 Å². The van der Waals surface area contributed by atoms with Crippen molar-refractivity contribution in [2.24, 2.45) is 0 Å². The Morgan fingerprint density at radius 1 is 1.53 bits per heavy atom. The van der Waals surface area contributed by atoms with E-state index in [0.717, 1.165) is 12.4 Å². The Labute approximate surface area is 91.5 Å². The van der Waals surface area contributed by atoms with E-state index in [0.29, 0.717) is 12.1 Å². The highest BCUT2D eigenvalue weighted by Gasteiger charge is 2.26. The average Bonchev–Trinajstić information content (AvgIpc) is 2.50. The van der Waals surface area contributed by atoms with Gasteiger partial charge >= 0.3 is 0 Å². The molecule has 0 radical (unpaired) electrons. The van der Waals surface area contributed by atoms with Crippen LogP contribution in [0.1, 0.15) is 18.9 Å². The minimum Gasteiger partial charge on any atom is -0.366 e. The molecular weight excluding hydrogens is 186 g/mol. The Kier molecular flexibility index (Phi) is 2.91. The van der Waals surface area contributed by atoms with Crippen molar-refractivity contribution >= 4 is 5.82 Å². The van der Waals surface area contributed by atoms with Crippen molar-refractivity contribution in [2.45, 2.75) is 32.4 Å². The van der Waals surface area contributed by atoms with E-state index < -0.39 is 0 Å². The van der Waals surface area contributed by atoms with Gasteiger partial charge in [-0.3, -0.25) is 0 Å². The highest BCUT2D eigenvalue weighted by Crippen LogP contribution is 2.19. The van der Waals surface area contributed by atoms with Crippen LogP contribution in [0, 0.1) is 6.92 Å². The standard InChI is InChI=1S/C12H19N3/c1-9-5-4-6-13-12(9)14-11-7-10(2)15(3)8-11/h4-6,10-11H,7-8H2,1-3H3,(H,13,14). The first-order chi connectivity index (χ1) is 7.16. The lowest BCUT2D eigenvalue weighted by molar-refractivity contribution is 0.330. The Balaban J connectivity index is 2.01. The number of aryl methyl sites for hydroxylation is 1. The number of likely N-dealkylation sites (N-methyl/N-ethyl adjacent to an activating group) is 1. The van der Waals surface area contributed by atoms with Crippen LogP contribution in [-0.4, -0.2) is 35.6 Å². The summed E-state index contributed by atoms with van der Waals surface area (Å²) in [7, 11) is 2.18. The van der Waals surface area contributed by atoms with Crippen molar-refractivity contribution < 1.29 is 0 Å². The van der Waals surface area contributed by atoms with Gasteiger partial charge in [0.25, 0.3) is 0 Å². The first kappa shape index (κ1) is 10.4. The van der Waals surface area contributed by atoms with Crippen LogP contribution in [0.4, 0.5) is 5.82 Å². The molecule has 1 aromatic heterocycles. The summed E-state index contributed by atoms with van der Waals surface area (Å²) in [6.45, 7) is 5.47. The van der Waals surface area contributed by atoms with E-state index in [1.165, 1.54) is 12.0 Å². The van der Waals surface area contributed by atoms with Gasteiger partial charge in [-0.25, -0.2) is 4.98 Å². The van der Waals surface area contributed by atoms with E-state index in [1.807, 2.05) is 12.3 Å². The van der Waals surface area contributed by atoms with Crippen molar-refractivity contribution in [3.05, 3.63) is 23.9 Å². The number of anilines is 1. The van der Waals surface area contributed by atoms with Crippen molar-refractivity contribution in [1.29, 1.82) is 0 Å². The van der Waals surface area contributed by atoms with Crippen LogP contribution in [0.25, 0.3) is 0 Å². The smallest absolute Gasteiger partial charge is 0.129 e. The summed E-state index contributed by atoms with van der Waals surface area (Å²) in [5, 5.41) is 3.52. The fourth-order valence-corrected chi connectivity index (χ4v) is 2.13. The second kappa shape index (κ2) is 4.19. The largest absolute Gasteiger partial charge is 0.366 e. The summed E-state index contributed by atoms with van der Waals surface area (Å²) < 4.78 is 0. The highest BCUT2D eigenvalue weighted by molar-refractivity contribution is 5.43. The first-order valence-corrected chi connectivity index (χ1v) is 5.55. The molecule has 1 aliphatic heterocycles. The van der Waals surface area contributed by atoms with Gasteiger partial charge in [0.1, 0.15) is 5.82 Å². The predicted octanol–water partition coefficient (Wildman–Crippen LogP) is 1.89. The van der Waals surface area contributed by atoms with Gasteiger partial charge in [0.15, 0.2) is 0 Å². The lowest BCUT2D eigenvalue weighted by Gasteiger charge is -2.14. The molecule has 2 unspecified atom stereocenters. The zero-order valence-corrected chi connectivity index (χ0v) is 9.70. The van der Waals surface area contributed by atoms with Crippen molar-refractivity contribution in [3.63, 3.8) is 0 Å². The Morgan fingerprint density at radius 3 is 2.93 bits per heavy atom. The maximum Gasteiger partial charge on any atom is 0.129 e. The van der Waals surface area contributed by atoms with E-state index in [9.17, 15) is 0 Å². The third-order valence-corrected chi connectivity index (χ3v) is 3.24. The van der Waals surface area contributed by atoms with Crippen molar-refractivity contribution in [1.82, 2.24) is 9.88 Å². The number of hydrogen-bond donors (Lipinski definition) is 1. The van der Waals surface area contributed by atoms with Gasteiger partial charge in [-0.05, 0) is 38.9 Å². The van der Waals surface area contributed by atoms with Crippen LogP contribution in [0.2, 0.25) is 0 Å². The normalized spacial score (nSPS) is 26.9. The molecule has 82 valence electrons.